The van der Waals surface area contributed by atoms with Gasteiger partial charge in [0, 0.05) is 13.1 Å². The molecule has 18 heavy (non-hydrogen) atoms. The summed E-state index contributed by atoms with van der Waals surface area (Å²) in [5, 5.41) is 16.4. The van der Waals surface area contributed by atoms with Crippen LogP contribution in [0.2, 0.25) is 0 Å². The number of nitrogens with two attached hydrogens (primary N) is 1. The molecule has 2 heterocycles. The summed E-state index contributed by atoms with van der Waals surface area (Å²) in [6.07, 6.45) is 1.10. The molecule has 2 N–H and O–H groups in total. The molecule has 0 spiro atoms. The van der Waals surface area contributed by atoms with E-state index < -0.39 is 6.10 Å². The molecule has 1 saturated heterocycles. The molecule has 0 saturated carbocycles. The van der Waals surface area contributed by atoms with Crippen LogP contribution in [0.1, 0.15) is 5.69 Å². The Balaban J connectivity index is 1.93. The Bertz CT molecular complexity index is 465. The van der Waals surface area contributed by atoms with Crippen LogP contribution >= 0.6 is 0 Å². The number of amides is 1. The highest BCUT2D eigenvalue weighted by Gasteiger charge is 2.24. The average molecular weight is 250 g/mol. The lowest BCUT2D eigenvalue weighted by Crippen LogP contribution is -2.46. The van der Waals surface area contributed by atoms with Crippen LogP contribution in [0.15, 0.2) is 6.20 Å². The second-order valence-corrected chi connectivity index (χ2v) is 3.94. The number of nitrogens with zero attached hydrogens (tertiary/aromatic N) is 5. The van der Waals surface area contributed by atoms with E-state index in [-0.39, 0.29) is 12.5 Å². The Kier molecular flexibility index (Phi) is 3.86. The number of rotatable bonds is 3. The van der Waals surface area contributed by atoms with Crippen molar-refractivity contribution in [1.29, 1.82) is 5.26 Å². The molecule has 0 aliphatic carbocycles. The van der Waals surface area contributed by atoms with Crippen molar-refractivity contribution in [2.45, 2.75) is 19.2 Å². The van der Waals surface area contributed by atoms with E-state index in [1.165, 1.54) is 4.68 Å². The van der Waals surface area contributed by atoms with Crippen LogP contribution in [0.25, 0.3) is 0 Å². The molecule has 1 aliphatic heterocycles. The highest BCUT2D eigenvalue weighted by molar-refractivity contribution is 5.76. The SMILES string of the molecule is N#CC1CN(C(=O)Cn2cc(CN)nn2)CCO1. The zero-order chi connectivity index (χ0) is 13.0. The first kappa shape index (κ1) is 12.5. The second-order valence-electron chi connectivity index (χ2n) is 3.94. The van der Waals surface area contributed by atoms with Gasteiger partial charge >= 0.3 is 0 Å². The molecular formula is C10H14N6O2. The van der Waals surface area contributed by atoms with Gasteiger partial charge in [-0.05, 0) is 0 Å². The number of hydrogen-bond acceptors (Lipinski definition) is 6. The third kappa shape index (κ3) is 2.82. The first-order valence-corrected chi connectivity index (χ1v) is 5.61. The zero-order valence-electron chi connectivity index (χ0n) is 9.82. The quantitative estimate of drug-likeness (QED) is 0.698. The molecule has 1 unspecified atom stereocenters. The maximum absolute atomic E-state index is 12.0. The normalized spacial score (nSPS) is 19.6. The van der Waals surface area contributed by atoms with Gasteiger partial charge in [0.15, 0.2) is 6.10 Å². The molecule has 1 fully saturated rings. The summed E-state index contributed by atoms with van der Waals surface area (Å²) in [6, 6.07) is 2.00. The van der Waals surface area contributed by atoms with Crippen molar-refractivity contribution in [2.75, 3.05) is 19.7 Å². The molecule has 96 valence electrons. The van der Waals surface area contributed by atoms with Crippen molar-refractivity contribution < 1.29 is 9.53 Å². The lowest BCUT2D eigenvalue weighted by atomic mass is 10.3. The number of nitriles is 1. The van der Waals surface area contributed by atoms with Gasteiger partial charge in [0.1, 0.15) is 6.54 Å². The predicted molar refractivity (Wildman–Crippen MR) is 59.8 cm³/mol. The van der Waals surface area contributed by atoms with Gasteiger partial charge in [-0.15, -0.1) is 5.10 Å². The van der Waals surface area contributed by atoms with Crippen LogP contribution in [0.5, 0.6) is 0 Å². The summed E-state index contributed by atoms with van der Waals surface area (Å²) in [6.45, 7) is 1.58. The fraction of sp³-hybridized carbons (Fsp3) is 0.600. The molecule has 2 rings (SSSR count). The molecule has 8 nitrogen and oxygen atoms in total. The Morgan fingerprint density at radius 1 is 1.72 bits per heavy atom. The summed E-state index contributed by atoms with van der Waals surface area (Å²) in [5.41, 5.74) is 6.05. The first-order valence-electron chi connectivity index (χ1n) is 5.61. The van der Waals surface area contributed by atoms with E-state index in [0.29, 0.717) is 31.9 Å². The molecule has 1 aromatic rings. The average Bonchev–Trinajstić information content (AvgIpc) is 2.86. The van der Waals surface area contributed by atoms with Gasteiger partial charge in [0.05, 0.1) is 31.1 Å². The smallest absolute Gasteiger partial charge is 0.244 e. The van der Waals surface area contributed by atoms with Crippen LogP contribution in [0, 0.1) is 11.3 Å². The Morgan fingerprint density at radius 2 is 2.56 bits per heavy atom. The molecule has 1 atom stereocenters. The van der Waals surface area contributed by atoms with Gasteiger partial charge in [-0.25, -0.2) is 4.68 Å². The van der Waals surface area contributed by atoms with E-state index >= 15 is 0 Å². The van der Waals surface area contributed by atoms with Crippen LogP contribution in [-0.2, 0) is 22.6 Å². The highest BCUT2D eigenvalue weighted by atomic mass is 16.5. The highest BCUT2D eigenvalue weighted by Crippen LogP contribution is 2.05. The zero-order valence-corrected chi connectivity index (χ0v) is 9.82. The van der Waals surface area contributed by atoms with Crippen molar-refractivity contribution in [3.05, 3.63) is 11.9 Å². The fourth-order valence-electron chi connectivity index (χ4n) is 1.70. The molecule has 0 radical (unpaired) electrons. The minimum atomic E-state index is -0.543. The molecule has 1 aliphatic rings. The molecule has 1 amide bonds. The number of hydrogen-bond donors (Lipinski definition) is 1. The van der Waals surface area contributed by atoms with E-state index in [1.807, 2.05) is 6.07 Å². The minimum absolute atomic E-state index is 0.102. The van der Waals surface area contributed by atoms with Crippen molar-refractivity contribution in [1.82, 2.24) is 19.9 Å². The van der Waals surface area contributed by atoms with Crippen molar-refractivity contribution in [3.8, 4) is 6.07 Å². The number of carbonyl (C=O) groups is 1. The number of carbonyl (C=O) groups excluding carboxylic acids is 1. The first-order chi connectivity index (χ1) is 8.72. The van der Waals surface area contributed by atoms with Crippen LogP contribution in [0.3, 0.4) is 0 Å². The van der Waals surface area contributed by atoms with Gasteiger partial charge in [-0.3, -0.25) is 4.79 Å². The van der Waals surface area contributed by atoms with Crippen LogP contribution in [-0.4, -0.2) is 51.6 Å². The molecular weight excluding hydrogens is 236 g/mol. The maximum Gasteiger partial charge on any atom is 0.244 e. The summed E-state index contributed by atoms with van der Waals surface area (Å²) in [5.74, 6) is -0.105. The topological polar surface area (TPSA) is 110 Å². The largest absolute Gasteiger partial charge is 0.360 e. The van der Waals surface area contributed by atoms with E-state index in [0.717, 1.165) is 0 Å². The third-order valence-corrected chi connectivity index (χ3v) is 2.66. The number of ether oxygens (including phenoxy) is 1. The fourth-order valence-corrected chi connectivity index (χ4v) is 1.70. The van der Waals surface area contributed by atoms with Crippen LogP contribution in [0.4, 0.5) is 0 Å². The Morgan fingerprint density at radius 3 is 3.22 bits per heavy atom. The van der Waals surface area contributed by atoms with E-state index in [1.54, 1.807) is 11.1 Å². The van der Waals surface area contributed by atoms with Crippen LogP contribution < -0.4 is 5.73 Å². The van der Waals surface area contributed by atoms with Crippen molar-refractivity contribution in [3.63, 3.8) is 0 Å². The van der Waals surface area contributed by atoms with Crippen molar-refractivity contribution >= 4 is 5.91 Å². The van der Waals surface area contributed by atoms with Gasteiger partial charge < -0.3 is 15.4 Å². The third-order valence-electron chi connectivity index (χ3n) is 2.66. The second kappa shape index (κ2) is 5.57. The van der Waals surface area contributed by atoms with Gasteiger partial charge in [-0.2, -0.15) is 5.26 Å². The van der Waals surface area contributed by atoms with Gasteiger partial charge in [-0.1, -0.05) is 5.21 Å². The predicted octanol–water partition coefficient (Wildman–Crippen LogP) is -1.51. The number of morpholine rings is 1. The van der Waals surface area contributed by atoms with Gasteiger partial charge in [0.25, 0.3) is 0 Å². The van der Waals surface area contributed by atoms with E-state index in [2.05, 4.69) is 10.3 Å². The Labute approximate surface area is 104 Å². The van der Waals surface area contributed by atoms with Gasteiger partial charge in [0.2, 0.25) is 5.91 Å². The monoisotopic (exact) mass is 250 g/mol. The summed E-state index contributed by atoms with van der Waals surface area (Å²) >= 11 is 0. The number of aromatic nitrogens is 3. The summed E-state index contributed by atoms with van der Waals surface area (Å²) < 4.78 is 6.62. The molecule has 0 bridgehead atoms. The lowest BCUT2D eigenvalue weighted by molar-refractivity contribution is -0.137. The molecule has 8 heteroatoms. The lowest BCUT2D eigenvalue weighted by Gasteiger charge is -2.29. The molecule has 0 aromatic carbocycles. The maximum atomic E-state index is 12.0. The summed E-state index contributed by atoms with van der Waals surface area (Å²) in [7, 11) is 0. The van der Waals surface area contributed by atoms with Crippen molar-refractivity contribution in [2.24, 2.45) is 5.73 Å². The summed E-state index contributed by atoms with van der Waals surface area (Å²) in [4.78, 5) is 13.6. The Hall–Kier alpha value is -1.98. The standard InChI is InChI=1S/C10H14N6O2/c11-3-8-5-16(14-13-8)7-10(17)15-1-2-18-9(4-12)6-15/h5,9H,1-3,6-7,11H2. The molecule has 1 aromatic heterocycles. The van der Waals surface area contributed by atoms with E-state index in [4.69, 9.17) is 15.7 Å². The minimum Gasteiger partial charge on any atom is -0.360 e. The van der Waals surface area contributed by atoms with E-state index in [9.17, 15) is 4.79 Å².